The minimum absolute atomic E-state index is 0.0646. The number of ether oxygens (including phenoxy) is 1. The summed E-state index contributed by atoms with van der Waals surface area (Å²) < 4.78 is 6.31. The molecule has 9 heteroatoms. The van der Waals surface area contributed by atoms with Gasteiger partial charge in [0.05, 0.1) is 29.6 Å². The largest absolute Gasteiger partial charge is 0.497 e. The lowest BCUT2D eigenvalue weighted by Crippen LogP contribution is -2.33. The molecule has 0 fully saturated rings. The molecule has 0 saturated carbocycles. The van der Waals surface area contributed by atoms with Crippen molar-refractivity contribution < 1.29 is 14.3 Å². The van der Waals surface area contributed by atoms with E-state index in [0.717, 1.165) is 47.7 Å². The number of carbonyl (C=O) groups excluding carboxylic acids is 2. The molecule has 0 bridgehead atoms. The van der Waals surface area contributed by atoms with Gasteiger partial charge in [0.2, 0.25) is 11.8 Å². The summed E-state index contributed by atoms with van der Waals surface area (Å²) in [6.45, 7) is 2.85. The van der Waals surface area contributed by atoms with Crippen molar-refractivity contribution in [2.75, 3.05) is 24.7 Å². The number of anilines is 1. The lowest BCUT2D eigenvalue weighted by Gasteiger charge is -2.26. The predicted molar refractivity (Wildman–Crippen MR) is 140 cm³/mol. The summed E-state index contributed by atoms with van der Waals surface area (Å²) in [6, 6.07) is 15.7. The highest BCUT2D eigenvalue weighted by Gasteiger charge is 2.28. The predicted octanol–water partition coefficient (Wildman–Crippen LogP) is 5.67. The molecule has 3 heterocycles. The molecular weight excluding hydrogens is 486 g/mol. The van der Waals surface area contributed by atoms with Gasteiger partial charge in [0, 0.05) is 28.8 Å². The fourth-order valence-electron chi connectivity index (χ4n) is 3.95. The second-order valence-corrected chi connectivity index (χ2v) is 11.1. The van der Waals surface area contributed by atoms with E-state index < -0.39 is 0 Å². The smallest absolute Gasteiger partial charge is 0.235 e. The highest BCUT2D eigenvalue weighted by molar-refractivity contribution is 8.00. The number of rotatable bonds is 6. The van der Waals surface area contributed by atoms with Crippen LogP contribution in [0.15, 0.2) is 53.4 Å². The van der Waals surface area contributed by atoms with Gasteiger partial charge < -0.3 is 15.0 Å². The monoisotopic (exact) mass is 509 g/mol. The summed E-state index contributed by atoms with van der Waals surface area (Å²) in [7, 11) is 1.63. The fourth-order valence-corrected chi connectivity index (χ4v) is 7.04. The van der Waals surface area contributed by atoms with E-state index in [9.17, 15) is 9.59 Å². The lowest BCUT2D eigenvalue weighted by molar-refractivity contribution is -0.129. The minimum atomic E-state index is -0.0646. The van der Waals surface area contributed by atoms with Crippen LogP contribution >= 0.6 is 34.4 Å². The molecule has 34 heavy (non-hydrogen) atoms. The SMILES string of the molecule is COc1ccc(SCC(=O)Nc2sc3c(c2-c2nc4ccccc4s2)CCN(C(C)=O)C3)cc1. The Labute approximate surface area is 210 Å². The van der Waals surface area contributed by atoms with Crippen LogP contribution in [-0.2, 0) is 22.6 Å². The molecule has 0 spiro atoms. The zero-order valence-electron chi connectivity index (χ0n) is 18.8. The third kappa shape index (κ3) is 4.68. The molecule has 0 unspecified atom stereocenters. The Bertz CT molecular complexity index is 1330. The van der Waals surface area contributed by atoms with Crippen LogP contribution in [0.1, 0.15) is 17.4 Å². The molecule has 0 atom stereocenters. The van der Waals surface area contributed by atoms with Crippen LogP contribution in [-0.4, -0.2) is 41.1 Å². The summed E-state index contributed by atoms with van der Waals surface area (Å²) in [5.74, 6) is 1.10. The number of carbonyl (C=O) groups is 2. The number of methoxy groups -OCH3 is 1. The van der Waals surface area contributed by atoms with Gasteiger partial charge in [0.15, 0.2) is 0 Å². The second kappa shape index (κ2) is 9.77. The normalized spacial score (nSPS) is 13.1. The Morgan fingerprint density at radius 1 is 1.15 bits per heavy atom. The number of thioether (sulfide) groups is 1. The molecule has 1 aliphatic rings. The molecule has 2 aromatic heterocycles. The average Bonchev–Trinajstić information content (AvgIpc) is 3.43. The third-order valence-electron chi connectivity index (χ3n) is 5.69. The van der Waals surface area contributed by atoms with Crippen molar-refractivity contribution in [2.24, 2.45) is 0 Å². The molecule has 174 valence electrons. The van der Waals surface area contributed by atoms with Gasteiger partial charge in [0.25, 0.3) is 0 Å². The van der Waals surface area contributed by atoms with E-state index in [4.69, 9.17) is 9.72 Å². The van der Waals surface area contributed by atoms with E-state index in [2.05, 4.69) is 11.4 Å². The Hall–Kier alpha value is -2.88. The molecule has 5 rings (SSSR count). The van der Waals surface area contributed by atoms with Gasteiger partial charge in [-0.1, -0.05) is 12.1 Å². The quantitative estimate of drug-likeness (QED) is 0.339. The van der Waals surface area contributed by atoms with Crippen LogP contribution in [0.5, 0.6) is 5.75 Å². The molecule has 0 aliphatic carbocycles. The number of aromatic nitrogens is 1. The van der Waals surface area contributed by atoms with Crippen LogP contribution in [0, 0.1) is 0 Å². The molecule has 6 nitrogen and oxygen atoms in total. The Morgan fingerprint density at radius 2 is 1.94 bits per heavy atom. The van der Waals surface area contributed by atoms with Crippen molar-refractivity contribution in [1.29, 1.82) is 0 Å². The number of amides is 2. The van der Waals surface area contributed by atoms with Crippen LogP contribution in [0.2, 0.25) is 0 Å². The van der Waals surface area contributed by atoms with Crippen molar-refractivity contribution in [3.63, 3.8) is 0 Å². The van der Waals surface area contributed by atoms with Crippen LogP contribution in [0.3, 0.4) is 0 Å². The van der Waals surface area contributed by atoms with Crippen molar-refractivity contribution in [1.82, 2.24) is 9.88 Å². The van der Waals surface area contributed by atoms with Gasteiger partial charge in [-0.3, -0.25) is 9.59 Å². The zero-order valence-corrected chi connectivity index (χ0v) is 21.2. The van der Waals surface area contributed by atoms with E-state index >= 15 is 0 Å². The highest BCUT2D eigenvalue weighted by atomic mass is 32.2. The van der Waals surface area contributed by atoms with E-state index in [1.165, 1.54) is 17.3 Å². The summed E-state index contributed by atoms with van der Waals surface area (Å²) in [5, 5.41) is 4.87. The summed E-state index contributed by atoms with van der Waals surface area (Å²) in [4.78, 5) is 33.7. The van der Waals surface area contributed by atoms with Crippen LogP contribution in [0.25, 0.3) is 20.8 Å². The molecule has 1 aliphatic heterocycles. The molecule has 2 aromatic carbocycles. The first-order valence-corrected chi connectivity index (χ1v) is 13.5. The first-order chi connectivity index (χ1) is 16.5. The molecule has 0 radical (unpaired) electrons. The van der Waals surface area contributed by atoms with E-state index in [1.54, 1.807) is 36.7 Å². The Balaban J connectivity index is 1.42. The highest BCUT2D eigenvalue weighted by Crippen LogP contribution is 2.45. The number of nitrogens with one attached hydrogen (secondary N) is 1. The van der Waals surface area contributed by atoms with Crippen molar-refractivity contribution in [3.8, 4) is 16.3 Å². The van der Waals surface area contributed by atoms with Gasteiger partial charge in [-0.05, 0) is 48.4 Å². The number of fused-ring (bicyclic) bond motifs is 2. The lowest BCUT2D eigenvalue weighted by atomic mass is 10.0. The van der Waals surface area contributed by atoms with Gasteiger partial charge in [-0.15, -0.1) is 34.4 Å². The second-order valence-electron chi connectivity index (χ2n) is 7.90. The van der Waals surface area contributed by atoms with Gasteiger partial charge in [-0.25, -0.2) is 4.98 Å². The number of thiazole rings is 1. The number of hydrogen-bond donors (Lipinski definition) is 1. The van der Waals surface area contributed by atoms with Gasteiger partial charge in [0.1, 0.15) is 15.8 Å². The van der Waals surface area contributed by atoms with E-state index in [0.29, 0.717) is 18.8 Å². The average molecular weight is 510 g/mol. The number of para-hydroxylation sites is 1. The van der Waals surface area contributed by atoms with Gasteiger partial charge >= 0.3 is 0 Å². The molecule has 1 N–H and O–H groups in total. The first-order valence-electron chi connectivity index (χ1n) is 10.8. The summed E-state index contributed by atoms with van der Waals surface area (Å²) >= 11 is 4.68. The maximum Gasteiger partial charge on any atom is 0.235 e. The maximum atomic E-state index is 12.9. The number of hydrogen-bond acceptors (Lipinski definition) is 7. The van der Waals surface area contributed by atoms with Crippen molar-refractivity contribution >= 4 is 61.5 Å². The number of thiophene rings is 1. The Kier molecular flexibility index (Phi) is 6.58. The van der Waals surface area contributed by atoms with Crippen molar-refractivity contribution in [3.05, 3.63) is 59.0 Å². The summed E-state index contributed by atoms with van der Waals surface area (Å²) in [5.41, 5.74) is 3.16. The summed E-state index contributed by atoms with van der Waals surface area (Å²) in [6.07, 6.45) is 0.757. The fraction of sp³-hybridized carbons (Fsp3) is 0.240. The van der Waals surface area contributed by atoms with E-state index in [1.807, 2.05) is 47.4 Å². The number of nitrogens with zero attached hydrogens (tertiary/aromatic N) is 2. The third-order valence-corrected chi connectivity index (χ3v) is 8.89. The molecule has 0 saturated heterocycles. The van der Waals surface area contributed by atoms with Crippen molar-refractivity contribution in [2.45, 2.75) is 24.8 Å². The Morgan fingerprint density at radius 3 is 2.68 bits per heavy atom. The minimum Gasteiger partial charge on any atom is -0.497 e. The van der Waals surface area contributed by atoms with Crippen LogP contribution < -0.4 is 10.1 Å². The molecular formula is C25H23N3O3S3. The molecule has 2 amide bonds. The number of benzene rings is 2. The van der Waals surface area contributed by atoms with Gasteiger partial charge in [-0.2, -0.15) is 0 Å². The topological polar surface area (TPSA) is 71.5 Å². The standard InChI is InChI=1S/C25H23N3O3S3/c1-15(29)28-12-11-18-21(13-28)34-25(23(18)24-26-19-5-3-4-6-20(19)33-24)27-22(30)14-32-17-9-7-16(31-2)8-10-17/h3-10H,11-14H2,1-2H3,(H,27,30). The van der Waals surface area contributed by atoms with E-state index in [-0.39, 0.29) is 11.8 Å². The molecule has 4 aromatic rings. The zero-order chi connectivity index (χ0) is 23.7. The first kappa shape index (κ1) is 22.9. The van der Waals surface area contributed by atoms with Crippen LogP contribution in [0.4, 0.5) is 5.00 Å². The maximum absolute atomic E-state index is 12.9.